The molecule has 3 saturated heterocycles. The third-order valence-corrected chi connectivity index (χ3v) is 5.86. The first-order chi connectivity index (χ1) is 11.7. The van der Waals surface area contributed by atoms with E-state index >= 15 is 0 Å². The van der Waals surface area contributed by atoms with Crippen molar-refractivity contribution in [1.82, 2.24) is 19.6 Å². The standard InChI is InChI=1S/C20H28N4/c1-16-19(10-21-22(16)2)14-24-13-18-8-9-20(24)15-23(12-18)11-17-6-4-3-5-7-17/h3-7,10,18,20H,8-9,11-15H2,1-2H3/t18-,20+/m0/s1. The first-order valence-corrected chi connectivity index (χ1v) is 9.17. The average molecular weight is 324 g/mol. The molecule has 24 heavy (non-hydrogen) atoms. The molecule has 5 rings (SSSR count). The Morgan fingerprint density at radius 2 is 1.88 bits per heavy atom. The zero-order chi connectivity index (χ0) is 16.5. The summed E-state index contributed by atoms with van der Waals surface area (Å²) in [5, 5.41) is 4.42. The molecule has 0 unspecified atom stereocenters. The van der Waals surface area contributed by atoms with Crippen LogP contribution < -0.4 is 0 Å². The number of hydrogen-bond acceptors (Lipinski definition) is 3. The lowest BCUT2D eigenvalue weighted by molar-refractivity contribution is 0.123. The number of nitrogens with zero attached hydrogens (tertiary/aromatic N) is 4. The molecule has 0 amide bonds. The van der Waals surface area contributed by atoms with Gasteiger partial charge in [-0.3, -0.25) is 14.5 Å². The van der Waals surface area contributed by atoms with Gasteiger partial charge < -0.3 is 0 Å². The molecule has 0 N–H and O–H groups in total. The largest absolute Gasteiger partial charge is 0.297 e. The van der Waals surface area contributed by atoms with E-state index in [1.807, 2.05) is 11.7 Å². The van der Waals surface area contributed by atoms with Gasteiger partial charge in [0.15, 0.2) is 0 Å². The Morgan fingerprint density at radius 1 is 1.04 bits per heavy atom. The lowest BCUT2D eigenvalue weighted by Crippen LogP contribution is -2.43. The van der Waals surface area contributed by atoms with E-state index < -0.39 is 0 Å². The Hall–Kier alpha value is -1.65. The highest BCUT2D eigenvalue weighted by Gasteiger charge is 2.34. The van der Waals surface area contributed by atoms with Crippen molar-refractivity contribution < 1.29 is 0 Å². The Morgan fingerprint density at radius 3 is 2.62 bits per heavy atom. The summed E-state index contributed by atoms with van der Waals surface area (Å²) < 4.78 is 1.99. The van der Waals surface area contributed by atoms with Crippen LogP contribution in [0.4, 0.5) is 0 Å². The molecule has 0 aliphatic carbocycles. The Labute approximate surface area is 145 Å². The van der Waals surface area contributed by atoms with Crippen molar-refractivity contribution in [3.05, 3.63) is 53.3 Å². The van der Waals surface area contributed by atoms with E-state index in [1.165, 1.54) is 49.3 Å². The van der Waals surface area contributed by atoms with Gasteiger partial charge in [-0.15, -0.1) is 0 Å². The summed E-state index contributed by atoms with van der Waals surface area (Å²) in [6.45, 7) is 8.01. The van der Waals surface area contributed by atoms with Crippen molar-refractivity contribution in [2.24, 2.45) is 13.0 Å². The fourth-order valence-electron chi connectivity index (χ4n) is 4.36. The predicted octanol–water partition coefficient (Wildman–Crippen LogP) is 2.82. The number of rotatable bonds is 4. The third-order valence-electron chi connectivity index (χ3n) is 5.86. The molecule has 2 aromatic rings. The molecule has 3 fully saturated rings. The summed E-state index contributed by atoms with van der Waals surface area (Å²) >= 11 is 0. The van der Waals surface area contributed by atoms with Crippen LogP contribution in [0.2, 0.25) is 0 Å². The van der Waals surface area contributed by atoms with Crippen LogP contribution in [0.1, 0.15) is 29.7 Å². The van der Waals surface area contributed by atoms with Crippen molar-refractivity contribution in [2.45, 2.75) is 38.9 Å². The molecule has 3 aliphatic heterocycles. The van der Waals surface area contributed by atoms with E-state index in [4.69, 9.17) is 0 Å². The number of aryl methyl sites for hydroxylation is 1. The van der Waals surface area contributed by atoms with Crippen LogP contribution in [-0.4, -0.2) is 45.3 Å². The van der Waals surface area contributed by atoms with Crippen LogP contribution in [0.15, 0.2) is 36.5 Å². The van der Waals surface area contributed by atoms with E-state index in [0.29, 0.717) is 6.04 Å². The number of aromatic nitrogens is 2. The Bertz CT molecular complexity index is 678. The van der Waals surface area contributed by atoms with E-state index in [-0.39, 0.29) is 0 Å². The third kappa shape index (κ3) is 3.26. The highest BCUT2D eigenvalue weighted by Crippen LogP contribution is 2.30. The molecule has 128 valence electrons. The van der Waals surface area contributed by atoms with Crippen molar-refractivity contribution in [3.8, 4) is 0 Å². The summed E-state index contributed by atoms with van der Waals surface area (Å²) in [5.41, 5.74) is 4.13. The minimum Gasteiger partial charge on any atom is -0.297 e. The van der Waals surface area contributed by atoms with Gasteiger partial charge in [-0.05, 0) is 31.2 Å². The summed E-state index contributed by atoms with van der Waals surface area (Å²) in [6, 6.07) is 11.6. The van der Waals surface area contributed by atoms with Crippen molar-refractivity contribution >= 4 is 0 Å². The van der Waals surface area contributed by atoms with Crippen LogP contribution >= 0.6 is 0 Å². The Balaban J connectivity index is 1.45. The van der Waals surface area contributed by atoms with Crippen LogP contribution in [0.25, 0.3) is 0 Å². The molecule has 0 spiro atoms. The highest BCUT2D eigenvalue weighted by molar-refractivity contribution is 5.17. The van der Waals surface area contributed by atoms with Gasteiger partial charge in [0, 0.05) is 57.1 Å². The second-order valence-corrected chi connectivity index (χ2v) is 7.59. The van der Waals surface area contributed by atoms with E-state index in [2.05, 4.69) is 58.4 Å². The molecular weight excluding hydrogens is 296 g/mol. The molecule has 0 saturated carbocycles. The second kappa shape index (κ2) is 6.69. The van der Waals surface area contributed by atoms with Crippen LogP contribution in [0, 0.1) is 12.8 Å². The van der Waals surface area contributed by atoms with Gasteiger partial charge in [-0.1, -0.05) is 30.3 Å². The summed E-state index contributed by atoms with van der Waals surface area (Å²) in [6.07, 6.45) is 4.78. The smallest absolute Gasteiger partial charge is 0.0537 e. The lowest BCUT2D eigenvalue weighted by Gasteiger charge is -2.36. The molecule has 4 heteroatoms. The van der Waals surface area contributed by atoms with Crippen LogP contribution in [0.3, 0.4) is 0 Å². The molecule has 3 aliphatic rings. The SMILES string of the molecule is Cc1c(CN2C[C@H]3CC[C@@H]2CN(Cc2ccccc2)C3)cnn1C. The number of fused-ring (bicyclic) bond motifs is 4. The van der Waals surface area contributed by atoms with Gasteiger partial charge in [0.25, 0.3) is 0 Å². The maximum absolute atomic E-state index is 4.42. The maximum atomic E-state index is 4.42. The van der Waals surface area contributed by atoms with Gasteiger partial charge >= 0.3 is 0 Å². The molecule has 4 heterocycles. The average Bonchev–Trinajstić information content (AvgIpc) is 2.77. The fraction of sp³-hybridized carbons (Fsp3) is 0.550. The number of hydrogen-bond donors (Lipinski definition) is 0. The maximum Gasteiger partial charge on any atom is 0.0537 e. The molecule has 1 aromatic heterocycles. The first-order valence-electron chi connectivity index (χ1n) is 9.17. The van der Waals surface area contributed by atoms with Gasteiger partial charge in [0.05, 0.1) is 6.20 Å². The van der Waals surface area contributed by atoms with Gasteiger partial charge in [-0.2, -0.15) is 5.10 Å². The van der Waals surface area contributed by atoms with Gasteiger partial charge in [0.2, 0.25) is 0 Å². The van der Waals surface area contributed by atoms with E-state index in [0.717, 1.165) is 19.0 Å². The minimum atomic E-state index is 0.687. The lowest BCUT2D eigenvalue weighted by atomic mass is 9.94. The fourth-order valence-corrected chi connectivity index (χ4v) is 4.36. The monoisotopic (exact) mass is 324 g/mol. The zero-order valence-corrected chi connectivity index (χ0v) is 14.9. The topological polar surface area (TPSA) is 24.3 Å². The number of piperidine rings is 1. The summed E-state index contributed by atoms with van der Waals surface area (Å²) in [4.78, 5) is 5.39. The molecular formula is C20H28N4. The molecule has 4 nitrogen and oxygen atoms in total. The molecule has 2 bridgehead atoms. The van der Waals surface area contributed by atoms with Gasteiger partial charge in [0.1, 0.15) is 0 Å². The Kier molecular flexibility index (Phi) is 4.42. The van der Waals surface area contributed by atoms with Crippen molar-refractivity contribution in [3.63, 3.8) is 0 Å². The quantitative estimate of drug-likeness (QED) is 0.864. The minimum absolute atomic E-state index is 0.687. The highest BCUT2D eigenvalue weighted by atomic mass is 15.3. The number of benzene rings is 1. The van der Waals surface area contributed by atoms with Crippen LogP contribution in [-0.2, 0) is 20.1 Å². The van der Waals surface area contributed by atoms with E-state index in [9.17, 15) is 0 Å². The molecule has 1 aromatic carbocycles. The van der Waals surface area contributed by atoms with Crippen LogP contribution in [0.5, 0.6) is 0 Å². The van der Waals surface area contributed by atoms with Crippen molar-refractivity contribution in [2.75, 3.05) is 19.6 Å². The van der Waals surface area contributed by atoms with Crippen molar-refractivity contribution in [1.29, 1.82) is 0 Å². The van der Waals surface area contributed by atoms with E-state index in [1.54, 1.807) is 0 Å². The summed E-state index contributed by atoms with van der Waals surface area (Å²) in [7, 11) is 2.04. The first kappa shape index (κ1) is 15.9. The normalized spacial score (nSPS) is 25.1. The summed E-state index contributed by atoms with van der Waals surface area (Å²) in [5.74, 6) is 0.810. The zero-order valence-electron chi connectivity index (χ0n) is 14.9. The predicted molar refractivity (Wildman–Crippen MR) is 96.6 cm³/mol. The van der Waals surface area contributed by atoms with Gasteiger partial charge in [-0.25, -0.2) is 0 Å². The molecule has 0 radical (unpaired) electrons. The molecule has 2 atom stereocenters. The second-order valence-electron chi connectivity index (χ2n) is 7.59.